The maximum absolute atomic E-state index is 12.8. The minimum Gasteiger partial charge on any atom is -0.454 e. The van der Waals surface area contributed by atoms with E-state index in [0.29, 0.717) is 43.1 Å². The molecule has 0 bridgehead atoms. The lowest BCUT2D eigenvalue weighted by Gasteiger charge is -2.31. The SMILES string of the molecule is O=C(Nc1ccc2c(c1)OCO2)C1CCN(C(=O)Cc2csc(-c3ccccc3)n2)CC1. The van der Waals surface area contributed by atoms with E-state index in [1.165, 1.54) is 0 Å². The Morgan fingerprint density at radius 2 is 1.84 bits per heavy atom. The van der Waals surface area contributed by atoms with E-state index in [0.717, 1.165) is 16.3 Å². The Bertz CT molecular complexity index is 1120. The van der Waals surface area contributed by atoms with Gasteiger partial charge in [0.05, 0.1) is 12.1 Å². The Labute approximate surface area is 190 Å². The predicted octanol–water partition coefficient (Wildman–Crippen LogP) is 3.96. The van der Waals surface area contributed by atoms with E-state index in [9.17, 15) is 9.59 Å². The van der Waals surface area contributed by atoms with Crippen molar-refractivity contribution < 1.29 is 19.1 Å². The van der Waals surface area contributed by atoms with Gasteiger partial charge in [-0.3, -0.25) is 9.59 Å². The van der Waals surface area contributed by atoms with Gasteiger partial charge in [0.1, 0.15) is 5.01 Å². The minimum atomic E-state index is -0.117. The van der Waals surface area contributed by atoms with Crippen molar-refractivity contribution in [3.8, 4) is 22.1 Å². The number of nitrogens with zero attached hydrogens (tertiary/aromatic N) is 2. The van der Waals surface area contributed by atoms with Crippen LogP contribution >= 0.6 is 11.3 Å². The summed E-state index contributed by atoms with van der Waals surface area (Å²) < 4.78 is 10.7. The molecule has 2 aliphatic rings. The Balaban J connectivity index is 1.12. The molecule has 1 saturated heterocycles. The summed E-state index contributed by atoms with van der Waals surface area (Å²) in [5, 5.41) is 5.83. The highest BCUT2D eigenvalue weighted by Gasteiger charge is 2.28. The number of carbonyl (C=O) groups excluding carboxylic acids is 2. The van der Waals surface area contributed by atoms with Crippen LogP contribution in [0.1, 0.15) is 18.5 Å². The zero-order valence-electron chi connectivity index (χ0n) is 17.5. The molecular formula is C24H23N3O4S. The van der Waals surface area contributed by atoms with Crippen LogP contribution in [0.4, 0.5) is 5.69 Å². The zero-order valence-corrected chi connectivity index (χ0v) is 18.3. The zero-order chi connectivity index (χ0) is 21.9. The van der Waals surface area contributed by atoms with Crippen LogP contribution in [0.25, 0.3) is 10.6 Å². The molecule has 0 spiro atoms. The smallest absolute Gasteiger partial charge is 0.231 e. The third kappa shape index (κ3) is 4.45. The van der Waals surface area contributed by atoms with Crippen molar-refractivity contribution in [2.24, 2.45) is 5.92 Å². The summed E-state index contributed by atoms with van der Waals surface area (Å²) in [6.45, 7) is 1.36. The van der Waals surface area contributed by atoms with Crippen LogP contribution in [0.3, 0.4) is 0 Å². The van der Waals surface area contributed by atoms with Crippen LogP contribution in [0.5, 0.6) is 11.5 Å². The van der Waals surface area contributed by atoms with E-state index in [1.807, 2.05) is 46.7 Å². The van der Waals surface area contributed by atoms with Gasteiger partial charge in [-0.05, 0) is 25.0 Å². The number of hydrogen-bond acceptors (Lipinski definition) is 6. The number of benzene rings is 2. The molecule has 2 amide bonds. The molecule has 2 aromatic carbocycles. The Kier molecular flexibility index (Phi) is 5.77. The first kappa shape index (κ1) is 20.5. The molecule has 164 valence electrons. The number of amides is 2. The van der Waals surface area contributed by atoms with E-state index >= 15 is 0 Å². The first-order chi connectivity index (χ1) is 15.7. The summed E-state index contributed by atoms with van der Waals surface area (Å²) >= 11 is 1.55. The van der Waals surface area contributed by atoms with Crippen LogP contribution < -0.4 is 14.8 Å². The number of piperidine rings is 1. The van der Waals surface area contributed by atoms with E-state index < -0.39 is 0 Å². The number of hydrogen-bond donors (Lipinski definition) is 1. The Morgan fingerprint density at radius 1 is 1.06 bits per heavy atom. The number of likely N-dealkylation sites (tertiary alicyclic amines) is 1. The van der Waals surface area contributed by atoms with Crippen LogP contribution in [0.15, 0.2) is 53.9 Å². The molecule has 0 aliphatic carbocycles. The monoisotopic (exact) mass is 449 g/mol. The number of thiazole rings is 1. The number of anilines is 1. The molecule has 0 atom stereocenters. The van der Waals surface area contributed by atoms with Crippen LogP contribution in [-0.2, 0) is 16.0 Å². The number of fused-ring (bicyclic) bond motifs is 1. The first-order valence-corrected chi connectivity index (χ1v) is 11.5. The van der Waals surface area contributed by atoms with Gasteiger partial charge in [-0.1, -0.05) is 30.3 Å². The molecule has 32 heavy (non-hydrogen) atoms. The lowest BCUT2D eigenvalue weighted by atomic mass is 9.95. The normalized spacial score (nSPS) is 15.6. The third-order valence-corrected chi connectivity index (χ3v) is 6.70. The Morgan fingerprint density at radius 3 is 2.66 bits per heavy atom. The van der Waals surface area contributed by atoms with Crippen LogP contribution in [0, 0.1) is 5.92 Å². The van der Waals surface area contributed by atoms with E-state index in [-0.39, 0.29) is 30.9 Å². The van der Waals surface area contributed by atoms with Gasteiger partial charge >= 0.3 is 0 Å². The summed E-state index contributed by atoms with van der Waals surface area (Å²) in [7, 11) is 0. The highest BCUT2D eigenvalue weighted by molar-refractivity contribution is 7.13. The summed E-state index contributed by atoms with van der Waals surface area (Å²) in [5.74, 6) is 1.24. The van der Waals surface area contributed by atoms with Crippen molar-refractivity contribution in [1.82, 2.24) is 9.88 Å². The average Bonchev–Trinajstić information content (AvgIpc) is 3.49. The second-order valence-corrected chi connectivity index (χ2v) is 8.76. The minimum absolute atomic E-state index is 0.0250. The largest absolute Gasteiger partial charge is 0.454 e. The molecule has 3 aromatic rings. The molecule has 5 rings (SSSR count). The third-order valence-electron chi connectivity index (χ3n) is 5.76. The lowest BCUT2D eigenvalue weighted by Crippen LogP contribution is -2.42. The molecular weight excluding hydrogens is 426 g/mol. The van der Waals surface area contributed by atoms with Gasteiger partial charge < -0.3 is 19.7 Å². The Hall–Kier alpha value is -3.39. The standard InChI is InChI=1S/C24H23N3O4S/c28-22(13-19-14-32-24(26-19)17-4-2-1-3-5-17)27-10-8-16(9-11-27)23(29)25-18-6-7-20-21(12-18)31-15-30-20/h1-7,12,14,16H,8-11,13,15H2,(H,25,29). The second-order valence-electron chi connectivity index (χ2n) is 7.90. The number of nitrogens with one attached hydrogen (secondary N) is 1. The molecule has 0 radical (unpaired) electrons. The highest BCUT2D eigenvalue weighted by Crippen LogP contribution is 2.34. The molecule has 7 nitrogen and oxygen atoms in total. The highest BCUT2D eigenvalue weighted by atomic mass is 32.1. The molecule has 0 saturated carbocycles. The molecule has 3 heterocycles. The van der Waals surface area contributed by atoms with E-state index in [4.69, 9.17) is 9.47 Å². The van der Waals surface area contributed by atoms with Gasteiger partial charge in [0.25, 0.3) is 0 Å². The average molecular weight is 450 g/mol. The summed E-state index contributed by atoms with van der Waals surface area (Å²) in [5.41, 5.74) is 2.54. The predicted molar refractivity (Wildman–Crippen MR) is 122 cm³/mol. The number of ether oxygens (including phenoxy) is 2. The fourth-order valence-electron chi connectivity index (χ4n) is 3.98. The fourth-order valence-corrected chi connectivity index (χ4v) is 4.80. The molecule has 1 N–H and O–H groups in total. The number of aromatic nitrogens is 1. The van der Waals surface area contributed by atoms with Crippen molar-refractivity contribution in [1.29, 1.82) is 0 Å². The molecule has 0 unspecified atom stereocenters. The maximum Gasteiger partial charge on any atom is 0.231 e. The molecule has 1 aromatic heterocycles. The van der Waals surface area contributed by atoms with Gasteiger partial charge in [0, 0.05) is 41.7 Å². The van der Waals surface area contributed by atoms with Crippen molar-refractivity contribution >= 4 is 28.8 Å². The first-order valence-electron chi connectivity index (χ1n) is 10.6. The fraction of sp³-hybridized carbons (Fsp3) is 0.292. The molecule has 2 aliphatic heterocycles. The van der Waals surface area contributed by atoms with E-state index in [2.05, 4.69) is 10.3 Å². The number of carbonyl (C=O) groups is 2. The lowest BCUT2D eigenvalue weighted by molar-refractivity contribution is -0.133. The van der Waals surface area contributed by atoms with Crippen molar-refractivity contribution in [3.63, 3.8) is 0 Å². The van der Waals surface area contributed by atoms with Crippen molar-refractivity contribution in [2.45, 2.75) is 19.3 Å². The van der Waals surface area contributed by atoms with Gasteiger partial charge in [0.15, 0.2) is 11.5 Å². The van der Waals surface area contributed by atoms with Gasteiger partial charge in [-0.2, -0.15) is 0 Å². The second kappa shape index (κ2) is 9.00. The van der Waals surface area contributed by atoms with Gasteiger partial charge in [0.2, 0.25) is 18.6 Å². The van der Waals surface area contributed by atoms with E-state index in [1.54, 1.807) is 23.5 Å². The number of rotatable bonds is 5. The topological polar surface area (TPSA) is 80.8 Å². The summed E-state index contributed by atoms with van der Waals surface area (Å²) in [6.07, 6.45) is 1.58. The van der Waals surface area contributed by atoms with Crippen molar-refractivity contribution in [3.05, 3.63) is 59.6 Å². The van der Waals surface area contributed by atoms with Crippen LogP contribution in [-0.4, -0.2) is 41.6 Å². The summed E-state index contributed by atoms with van der Waals surface area (Å²) in [4.78, 5) is 31.9. The molecule has 8 heteroatoms. The van der Waals surface area contributed by atoms with Crippen molar-refractivity contribution in [2.75, 3.05) is 25.2 Å². The quantitative estimate of drug-likeness (QED) is 0.638. The molecule has 1 fully saturated rings. The van der Waals surface area contributed by atoms with Gasteiger partial charge in [-0.15, -0.1) is 11.3 Å². The van der Waals surface area contributed by atoms with Crippen LogP contribution in [0.2, 0.25) is 0 Å². The summed E-state index contributed by atoms with van der Waals surface area (Å²) in [6, 6.07) is 15.3. The van der Waals surface area contributed by atoms with Gasteiger partial charge in [-0.25, -0.2) is 4.98 Å². The maximum atomic E-state index is 12.8.